The van der Waals surface area contributed by atoms with Crippen LogP contribution in [0.5, 0.6) is 0 Å². The second-order valence-corrected chi connectivity index (χ2v) is 6.57. The number of hydrogen-bond donors (Lipinski definition) is 1. The second-order valence-electron chi connectivity index (χ2n) is 6.57. The predicted molar refractivity (Wildman–Crippen MR) is 90.4 cm³/mol. The van der Waals surface area contributed by atoms with Gasteiger partial charge in [-0.15, -0.1) is 0 Å². The van der Waals surface area contributed by atoms with Crippen molar-refractivity contribution in [2.24, 2.45) is 0 Å². The highest BCUT2D eigenvalue weighted by atomic mass is 15.2. The normalized spacial score (nSPS) is 11.9. The SMILES string of the molecule is CCCc1nc(-c2ccc(CC)cc2)c(N)n1C(C)(C)C. The fourth-order valence-corrected chi connectivity index (χ4v) is 2.73. The van der Waals surface area contributed by atoms with Gasteiger partial charge in [-0.2, -0.15) is 0 Å². The summed E-state index contributed by atoms with van der Waals surface area (Å²) in [7, 11) is 0. The average Bonchev–Trinajstić information content (AvgIpc) is 2.76. The van der Waals surface area contributed by atoms with Gasteiger partial charge in [0.2, 0.25) is 0 Å². The van der Waals surface area contributed by atoms with Gasteiger partial charge in [0, 0.05) is 17.5 Å². The summed E-state index contributed by atoms with van der Waals surface area (Å²) in [5.74, 6) is 1.85. The second kappa shape index (κ2) is 5.92. The molecule has 2 rings (SSSR count). The Balaban J connectivity index is 2.53. The van der Waals surface area contributed by atoms with Crippen LogP contribution in [0.3, 0.4) is 0 Å². The zero-order valence-corrected chi connectivity index (χ0v) is 13.9. The lowest BCUT2D eigenvalue weighted by molar-refractivity contribution is 0.387. The molecule has 2 aromatic rings. The molecule has 0 saturated heterocycles. The van der Waals surface area contributed by atoms with E-state index in [2.05, 4.69) is 63.5 Å². The van der Waals surface area contributed by atoms with E-state index < -0.39 is 0 Å². The Morgan fingerprint density at radius 1 is 1.10 bits per heavy atom. The van der Waals surface area contributed by atoms with Crippen LogP contribution >= 0.6 is 0 Å². The lowest BCUT2D eigenvalue weighted by Crippen LogP contribution is -2.25. The summed E-state index contributed by atoms with van der Waals surface area (Å²) >= 11 is 0. The maximum atomic E-state index is 6.42. The molecule has 1 aromatic carbocycles. The fourth-order valence-electron chi connectivity index (χ4n) is 2.73. The summed E-state index contributed by atoms with van der Waals surface area (Å²) in [6, 6.07) is 8.56. The van der Waals surface area contributed by atoms with Gasteiger partial charge in [-0.05, 0) is 39.2 Å². The van der Waals surface area contributed by atoms with E-state index in [4.69, 9.17) is 10.7 Å². The third kappa shape index (κ3) is 3.12. The molecule has 0 radical (unpaired) electrons. The standard InChI is InChI=1S/C18H27N3/c1-6-8-15-20-16(17(19)21(15)18(3,4)5)14-11-9-13(7-2)10-12-14/h9-12H,6-8,19H2,1-5H3. The minimum atomic E-state index is -0.0524. The van der Waals surface area contributed by atoms with E-state index in [9.17, 15) is 0 Å². The Bertz CT molecular complexity index is 601. The first-order valence-corrected chi connectivity index (χ1v) is 7.85. The number of aryl methyl sites for hydroxylation is 2. The highest BCUT2D eigenvalue weighted by Gasteiger charge is 2.24. The first kappa shape index (κ1) is 15.6. The fraction of sp³-hybridized carbons (Fsp3) is 0.500. The lowest BCUT2D eigenvalue weighted by atomic mass is 10.1. The molecule has 0 saturated carbocycles. The largest absolute Gasteiger partial charge is 0.383 e. The van der Waals surface area contributed by atoms with Crippen LogP contribution in [-0.2, 0) is 18.4 Å². The van der Waals surface area contributed by atoms with Crippen molar-refractivity contribution in [3.05, 3.63) is 35.7 Å². The highest BCUT2D eigenvalue weighted by Crippen LogP contribution is 2.32. The number of aromatic nitrogens is 2. The number of imidazole rings is 1. The van der Waals surface area contributed by atoms with Crippen molar-refractivity contribution in [1.82, 2.24) is 9.55 Å². The highest BCUT2D eigenvalue weighted by molar-refractivity contribution is 5.71. The van der Waals surface area contributed by atoms with Gasteiger partial charge in [-0.3, -0.25) is 0 Å². The van der Waals surface area contributed by atoms with Crippen molar-refractivity contribution in [3.8, 4) is 11.3 Å². The van der Waals surface area contributed by atoms with Crippen LogP contribution in [0.15, 0.2) is 24.3 Å². The third-order valence-electron chi connectivity index (χ3n) is 3.76. The van der Waals surface area contributed by atoms with Crippen LogP contribution < -0.4 is 5.73 Å². The molecule has 1 heterocycles. The zero-order valence-electron chi connectivity index (χ0n) is 13.9. The van der Waals surface area contributed by atoms with E-state index >= 15 is 0 Å². The van der Waals surface area contributed by atoms with E-state index in [0.717, 1.165) is 42.2 Å². The molecule has 0 atom stereocenters. The molecule has 3 nitrogen and oxygen atoms in total. The van der Waals surface area contributed by atoms with Gasteiger partial charge in [-0.1, -0.05) is 38.1 Å². The van der Waals surface area contributed by atoms with Gasteiger partial charge in [0.15, 0.2) is 0 Å². The molecule has 3 heteroatoms. The van der Waals surface area contributed by atoms with Crippen LogP contribution in [0.2, 0.25) is 0 Å². The summed E-state index contributed by atoms with van der Waals surface area (Å²) in [5.41, 5.74) is 9.72. The first-order valence-electron chi connectivity index (χ1n) is 7.85. The van der Waals surface area contributed by atoms with Crippen LogP contribution in [-0.4, -0.2) is 9.55 Å². The number of nitrogen functional groups attached to an aromatic ring is 1. The van der Waals surface area contributed by atoms with E-state index in [1.54, 1.807) is 0 Å². The average molecular weight is 285 g/mol. The van der Waals surface area contributed by atoms with Crippen LogP contribution in [0.25, 0.3) is 11.3 Å². The minimum absolute atomic E-state index is 0.0524. The number of nitrogens with zero attached hydrogens (tertiary/aromatic N) is 2. The number of hydrogen-bond acceptors (Lipinski definition) is 2. The van der Waals surface area contributed by atoms with Crippen LogP contribution in [0.1, 0.15) is 52.4 Å². The Morgan fingerprint density at radius 2 is 1.71 bits per heavy atom. The van der Waals surface area contributed by atoms with Gasteiger partial charge >= 0.3 is 0 Å². The minimum Gasteiger partial charge on any atom is -0.383 e. The topological polar surface area (TPSA) is 43.8 Å². The lowest BCUT2D eigenvalue weighted by Gasteiger charge is -2.25. The van der Waals surface area contributed by atoms with E-state index in [0.29, 0.717) is 0 Å². The van der Waals surface area contributed by atoms with Crippen LogP contribution in [0.4, 0.5) is 5.82 Å². The van der Waals surface area contributed by atoms with Gasteiger partial charge in [0.05, 0.1) is 0 Å². The molecule has 0 amide bonds. The molecule has 0 aliphatic heterocycles. The van der Waals surface area contributed by atoms with Gasteiger partial charge in [0.25, 0.3) is 0 Å². The number of rotatable bonds is 4. The summed E-state index contributed by atoms with van der Waals surface area (Å²) in [5, 5.41) is 0. The molecule has 0 fully saturated rings. The summed E-state index contributed by atoms with van der Waals surface area (Å²) in [4.78, 5) is 4.83. The van der Waals surface area contributed by atoms with Gasteiger partial charge in [-0.25, -0.2) is 4.98 Å². The van der Waals surface area contributed by atoms with E-state index in [1.807, 2.05) is 0 Å². The van der Waals surface area contributed by atoms with Crippen molar-refractivity contribution in [3.63, 3.8) is 0 Å². The Labute approximate surface area is 128 Å². The van der Waals surface area contributed by atoms with Crippen molar-refractivity contribution >= 4 is 5.82 Å². The molecule has 114 valence electrons. The number of anilines is 1. The van der Waals surface area contributed by atoms with Crippen LogP contribution in [0, 0.1) is 0 Å². The molecule has 0 bridgehead atoms. The Morgan fingerprint density at radius 3 is 2.19 bits per heavy atom. The van der Waals surface area contributed by atoms with E-state index in [-0.39, 0.29) is 5.54 Å². The molecule has 2 N–H and O–H groups in total. The zero-order chi connectivity index (χ0) is 15.6. The molecule has 0 spiro atoms. The smallest absolute Gasteiger partial charge is 0.132 e. The predicted octanol–water partition coefficient (Wildman–Crippen LogP) is 4.40. The molecule has 21 heavy (non-hydrogen) atoms. The Hall–Kier alpha value is -1.77. The van der Waals surface area contributed by atoms with E-state index in [1.165, 1.54) is 5.56 Å². The number of nitrogens with two attached hydrogens (primary N) is 1. The van der Waals surface area contributed by atoms with Crippen molar-refractivity contribution in [2.45, 2.75) is 59.4 Å². The summed E-state index contributed by atoms with van der Waals surface area (Å²) in [6.07, 6.45) is 3.07. The molecular weight excluding hydrogens is 258 g/mol. The van der Waals surface area contributed by atoms with Crippen molar-refractivity contribution in [1.29, 1.82) is 0 Å². The van der Waals surface area contributed by atoms with Crippen molar-refractivity contribution < 1.29 is 0 Å². The molecule has 0 aliphatic carbocycles. The quantitative estimate of drug-likeness (QED) is 0.904. The summed E-state index contributed by atoms with van der Waals surface area (Å²) < 4.78 is 2.18. The Kier molecular flexibility index (Phi) is 4.40. The molecular formula is C18H27N3. The van der Waals surface area contributed by atoms with Crippen molar-refractivity contribution in [2.75, 3.05) is 5.73 Å². The number of benzene rings is 1. The maximum Gasteiger partial charge on any atom is 0.132 e. The van der Waals surface area contributed by atoms with Gasteiger partial charge in [0.1, 0.15) is 17.3 Å². The first-order chi connectivity index (χ1) is 9.88. The van der Waals surface area contributed by atoms with Gasteiger partial charge < -0.3 is 10.3 Å². The monoisotopic (exact) mass is 285 g/mol. The maximum absolute atomic E-state index is 6.42. The summed E-state index contributed by atoms with van der Waals surface area (Å²) in [6.45, 7) is 10.9. The third-order valence-corrected chi connectivity index (χ3v) is 3.76. The molecule has 0 unspecified atom stereocenters. The molecule has 0 aliphatic rings. The molecule has 1 aromatic heterocycles.